The van der Waals surface area contributed by atoms with Crippen molar-refractivity contribution in [2.24, 2.45) is 0 Å². The molecule has 0 unspecified atom stereocenters. The van der Waals surface area contributed by atoms with E-state index in [4.69, 9.17) is 9.47 Å². The molecule has 0 radical (unpaired) electrons. The maximum absolute atomic E-state index is 12.1. The number of hydrogen-bond donors (Lipinski definition) is 3. The molecule has 1 aliphatic carbocycles. The maximum atomic E-state index is 12.1. The lowest BCUT2D eigenvalue weighted by Crippen LogP contribution is -2.42. The number of carbonyl (C=O) groups is 4. The largest absolute Gasteiger partial charge is 0.493 e. The monoisotopic (exact) mass is 363 g/mol. The summed E-state index contributed by atoms with van der Waals surface area (Å²) in [6, 6.07) is 6.11. The van der Waals surface area contributed by atoms with Crippen LogP contribution >= 0.6 is 0 Å². The summed E-state index contributed by atoms with van der Waals surface area (Å²) in [7, 11) is 0. The predicted octanol–water partition coefficient (Wildman–Crippen LogP) is 0.347. The summed E-state index contributed by atoms with van der Waals surface area (Å²) in [5.41, 5.74) is 0.289. The van der Waals surface area contributed by atoms with E-state index >= 15 is 0 Å². The molecule has 1 aromatic rings. The average Bonchev–Trinajstić information content (AvgIpc) is 3.42. The molecule has 140 valence electrons. The molecule has 1 aliphatic rings. The van der Waals surface area contributed by atoms with E-state index in [9.17, 15) is 19.2 Å². The molecule has 2 rings (SSSR count). The summed E-state index contributed by atoms with van der Waals surface area (Å²) in [5, 5.41) is 7.01. The van der Waals surface area contributed by atoms with Crippen molar-refractivity contribution in [1.82, 2.24) is 16.0 Å². The lowest BCUT2D eigenvalue weighted by Gasteiger charge is -2.10. The number of para-hydroxylation sites is 1. The van der Waals surface area contributed by atoms with Crippen LogP contribution in [-0.2, 0) is 14.3 Å². The second kappa shape index (κ2) is 9.40. The molecular weight excluding hydrogens is 342 g/mol. The Bertz CT molecular complexity index is 687. The zero-order valence-electron chi connectivity index (χ0n) is 14.4. The summed E-state index contributed by atoms with van der Waals surface area (Å²) < 4.78 is 10.1. The molecule has 1 fully saturated rings. The average molecular weight is 363 g/mol. The molecule has 1 saturated carbocycles. The summed E-state index contributed by atoms with van der Waals surface area (Å²) in [5.74, 6) is -1.64. The number of urea groups is 1. The first-order chi connectivity index (χ1) is 12.5. The SMILES string of the molecule is CCOc1ccccc1C(=O)NCC(=O)OCC(=O)NC(=O)NC1CC1. The zero-order chi connectivity index (χ0) is 18.9. The first kappa shape index (κ1) is 19.2. The molecule has 4 amide bonds. The fourth-order valence-corrected chi connectivity index (χ4v) is 1.99. The van der Waals surface area contributed by atoms with Crippen molar-refractivity contribution in [3.05, 3.63) is 29.8 Å². The Balaban J connectivity index is 1.70. The minimum atomic E-state index is -0.801. The highest BCUT2D eigenvalue weighted by Gasteiger charge is 2.24. The van der Waals surface area contributed by atoms with Gasteiger partial charge in [0.1, 0.15) is 12.3 Å². The van der Waals surface area contributed by atoms with Crippen LogP contribution in [0.2, 0.25) is 0 Å². The van der Waals surface area contributed by atoms with Crippen LogP contribution < -0.4 is 20.7 Å². The summed E-state index contributed by atoms with van der Waals surface area (Å²) >= 11 is 0. The van der Waals surface area contributed by atoms with Crippen molar-refractivity contribution in [2.45, 2.75) is 25.8 Å². The highest BCUT2D eigenvalue weighted by Crippen LogP contribution is 2.18. The van der Waals surface area contributed by atoms with Gasteiger partial charge in [0.05, 0.1) is 12.2 Å². The number of amides is 4. The molecule has 0 heterocycles. The normalized spacial score (nSPS) is 12.7. The molecular formula is C17H21N3O6. The number of esters is 1. The van der Waals surface area contributed by atoms with E-state index in [-0.39, 0.29) is 11.6 Å². The summed E-state index contributed by atoms with van der Waals surface area (Å²) in [4.78, 5) is 46.6. The van der Waals surface area contributed by atoms with Crippen LogP contribution in [0.25, 0.3) is 0 Å². The van der Waals surface area contributed by atoms with Crippen molar-refractivity contribution in [3.8, 4) is 5.75 Å². The molecule has 0 spiro atoms. The number of nitrogens with one attached hydrogen (secondary N) is 3. The van der Waals surface area contributed by atoms with E-state index in [1.807, 2.05) is 5.32 Å². The number of benzene rings is 1. The molecule has 0 aliphatic heterocycles. The summed E-state index contributed by atoms with van der Waals surface area (Å²) in [6.45, 7) is 1.17. The van der Waals surface area contributed by atoms with Gasteiger partial charge >= 0.3 is 12.0 Å². The van der Waals surface area contributed by atoms with Gasteiger partial charge in [-0.1, -0.05) is 12.1 Å². The quantitative estimate of drug-likeness (QED) is 0.573. The summed E-state index contributed by atoms with van der Waals surface area (Å²) in [6.07, 6.45) is 1.78. The van der Waals surface area contributed by atoms with Crippen LogP contribution in [0, 0.1) is 0 Å². The lowest BCUT2D eigenvalue weighted by molar-refractivity contribution is -0.147. The van der Waals surface area contributed by atoms with Gasteiger partial charge in [-0.3, -0.25) is 19.7 Å². The Morgan fingerprint density at radius 3 is 2.58 bits per heavy atom. The van der Waals surface area contributed by atoms with Crippen LogP contribution in [0.1, 0.15) is 30.1 Å². The van der Waals surface area contributed by atoms with Gasteiger partial charge in [-0.25, -0.2) is 4.79 Å². The van der Waals surface area contributed by atoms with Crippen LogP contribution in [0.5, 0.6) is 5.75 Å². The van der Waals surface area contributed by atoms with Crippen LogP contribution in [0.4, 0.5) is 4.79 Å². The van der Waals surface area contributed by atoms with Gasteiger partial charge in [0.2, 0.25) is 0 Å². The van der Waals surface area contributed by atoms with Crippen LogP contribution in [0.15, 0.2) is 24.3 Å². The molecule has 0 saturated heterocycles. The second-order valence-electron chi connectivity index (χ2n) is 5.57. The number of carbonyl (C=O) groups excluding carboxylic acids is 4. The third-order valence-corrected chi connectivity index (χ3v) is 3.35. The zero-order valence-corrected chi connectivity index (χ0v) is 14.4. The van der Waals surface area contributed by atoms with Gasteiger partial charge in [0.15, 0.2) is 6.61 Å². The van der Waals surface area contributed by atoms with Crippen molar-refractivity contribution in [2.75, 3.05) is 19.8 Å². The fraction of sp³-hybridized carbons (Fsp3) is 0.412. The lowest BCUT2D eigenvalue weighted by atomic mass is 10.2. The van der Waals surface area contributed by atoms with Crippen molar-refractivity contribution in [1.29, 1.82) is 0 Å². The molecule has 1 aromatic carbocycles. The van der Waals surface area contributed by atoms with E-state index < -0.39 is 37.0 Å². The van der Waals surface area contributed by atoms with Gasteiger partial charge in [-0.05, 0) is 31.9 Å². The highest BCUT2D eigenvalue weighted by molar-refractivity contribution is 5.99. The van der Waals surface area contributed by atoms with E-state index in [1.54, 1.807) is 31.2 Å². The van der Waals surface area contributed by atoms with Gasteiger partial charge in [0, 0.05) is 6.04 Å². The Hall–Kier alpha value is -3.10. The Kier molecular flexibility index (Phi) is 6.95. The number of rotatable bonds is 8. The predicted molar refractivity (Wildman–Crippen MR) is 90.6 cm³/mol. The topological polar surface area (TPSA) is 123 Å². The smallest absolute Gasteiger partial charge is 0.325 e. The Morgan fingerprint density at radius 1 is 1.15 bits per heavy atom. The van der Waals surface area contributed by atoms with Crippen LogP contribution in [-0.4, -0.2) is 49.6 Å². The highest BCUT2D eigenvalue weighted by atomic mass is 16.5. The number of hydrogen-bond acceptors (Lipinski definition) is 6. The first-order valence-corrected chi connectivity index (χ1v) is 8.25. The first-order valence-electron chi connectivity index (χ1n) is 8.25. The van der Waals surface area contributed by atoms with Crippen molar-refractivity contribution < 1.29 is 28.7 Å². The molecule has 0 bridgehead atoms. The number of imide groups is 1. The van der Waals surface area contributed by atoms with E-state index in [1.165, 1.54) is 0 Å². The fourth-order valence-electron chi connectivity index (χ4n) is 1.99. The minimum Gasteiger partial charge on any atom is -0.493 e. The maximum Gasteiger partial charge on any atom is 0.325 e. The van der Waals surface area contributed by atoms with Gasteiger partial charge in [0.25, 0.3) is 11.8 Å². The third-order valence-electron chi connectivity index (χ3n) is 3.35. The van der Waals surface area contributed by atoms with Crippen molar-refractivity contribution in [3.63, 3.8) is 0 Å². The molecule has 9 nitrogen and oxygen atoms in total. The Morgan fingerprint density at radius 2 is 1.88 bits per heavy atom. The minimum absolute atomic E-state index is 0.111. The third kappa shape index (κ3) is 6.42. The van der Waals surface area contributed by atoms with Gasteiger partial charge in [-0.15, -0.1) is 0 Å². The molecule has 26 heavy (non-hydrogen) atoms. The molecule has 3 N–H and O–H groups in total. The van der Waals surface area contributed by atoms with Gasteiger partial charge < -0.3 is 20.1 Å². The second-order valence-corrected chi connectivity index (χ2v) is 5.57. The van der Waals surface area contributed by atoms with Gasteiger partial charge in [-0.2, -0.15) is 0 Å². The van der Waals surface area contributed by atoms with Crippen LogP contribution in [0.3, 0.4) is 0 Å². The van der Waals surface area contributed by atoms with E-state index in [2.05, 4.69) is 10.6 Å². The van der Waals surface area contributed by atoms with E-state index in [0.29, 0.717) is 12.4 Å². The number of ether oxygens (including phenoxy) is 2. The molecule has 9 heteroatoms. The van der Waals surface area contributed by atoms with E-state index in [0.717, 1.165) is 12.8 Å². The Labute approximate surface area is 150 Å². The molecule has 0 aromatic heterocycles. The van der Waals surface area contributed by atoms with Crippen molar-refractivity contribution >= 4 is 23.8 Å². The standard InChI is InChI=1S/C17H21N3O6/c1-2-25-13-6-4-3-5-12(13)16(23)18-9-15(22)26-10-14(21)20-17(24)19-11-7-8-11/h3-6,11H,2,7-10H2,1H3,(H,18,23)(H2,19,20,21,24). The molecule has 0 atom stereocenters.